The Morgan fingerprint density at radius 3 is 2.64 bits per heavy atom. The number of amides is 2. The molecule has 1 N–H and O–H groups in total. The first-order valence-electron chi connectivity index (χ1n) is 8.27. The number of rotatable bonds is 3. The van der Waals surface area contributed by atoms with E-state index in [1.54, 1.807) is 6.92 Å². The number of fused-ring (bicyclic) bond motifs is 4. The summed E-state index contributed by atoms with van der Waals surface area (Å²) in [4.78, 5) is 26.8. The molecule has 2 aliphatic heterocycles. The van der Waals surface area contributed by atoms with Gasteiger partial charge in [-0.15, -0.1) is 0 Å². The third-order valence-electron chi connectivity index (χ3n) is 4.51. The molecule has 4 rings (SSSR count). The van der Waals surface area contributed by atoms with Gasteiger partial charge < -0.3 is 14.8 Å². The summed E-state index contributed by atoms with van der Waals surface area (Å²) in [6, 6.07) is 15.8. The molecule has 25 heavy (non-hydrogen) atoms. The molecule has 2 aromatic carbocycles. The van der Waals surface area contributed by atoms with Crippen LogP contribution >= 0.6 is 0 Å². The van der Waals surface area contributed by atoms with E-state index < -0.39 is 18.2 Å². The van der Waals surface area contributed by atoms with Gasteiger partial charge in [0.1, 0.15) is 11.7 Å². The number of hydrogen-bond acceptors (Lipinski definition) is 4. The SMILES string of the molecule is CCOC(=O)[C@@H]1[C@H]2NC(=O)N(c3ccccc3)[C@H]1Oc1ccccc12. The lowest BCUT2D eigenvalue weighted by Gasteiger charge is -2.47. The van der Waals surface area contributed by atoms with Crippen molar-refractivity contribution < 1.29 is 19.1 Å². The number of esters is 1. The van der Waals surface area contributed by atoms with E-state index in [0.717, 1.165) is 5.56 Å². The predicted molar refractivity (Wildman–Crippen MR) is 91.2 cm³/mol. The summed E-state index contributed by atoms with van der Waals surface area (Å²) in [6.45, 7) is 2.04. The topological polar surface area (TPSA) is 67.9 Å². The van der Waals surface area contributed by atoms with Crippen molar-refractivity contribution in [1.29, 1.82) is 0 Å². The molecule has 1 fully saturated rings. The van der Waals surface area contributed by atoms with Gasteiger partial charge in [0, 0.05) is 11.3 Å². The second kappa shape index (κ2) is 6.12. The van der Waals surface area contributed by atoms with Crippen LogP contribution in [0.3, 0.4) is 0 Å². The maximum Gasteiger partial charge on any atom is 0.325 e. The third kappa shape index (κ3) is 2.50. The zero-order valence-corrected chi connectivity index (χ0v) is 13.7. The van der Waals surface area contributed by atoms with E-state index in [4.69, 9.17) is 9.47 Å². The summed E-state index contributed by atoms with van der Waals surface area (Å²) < 4.78 is 11.3. The Kier molecular flexibility index (Phi) is 3.80. The molecule has 2 aliphatic rings. The van der Waals surface area contributed by atoms with Gasteiger partial charge >= 0.3 is 12.0 Å². The summed E-state index contributed by atoms with van der Waals surface area (Å²) in [6.07, 6.45) is -0.755. The van der Waals surface area contributed by atoms with Gasteiger partial charge in [0.15, 0.2) is 6.23 Å². The summed E-state index contributed by atoms with van der Waals surface area (Å²) >= 11 is 0. The first-order chi connectivity index (χ1) is 12.2. The van der Waals surface area contributed by atoms with Crippen molar-refractivity contribution in [2.75, 3.05) is 11.5 Å². The molecule has 0 radical (unpaired) electrons. The van der Waals surface area contributed by atoms with Gasteiger partial charge in [0.05, 0.1) is 12.6 Å². The molecule has 2 heterocycles. The smallest absolute Gasteiger partial charge is 0.325 e. The van der Waals surface area contributed by atoms with Crippen LogP contribution in [0.5, 0.6) is 5.75 Å². The fraction of sp³-hybridized carbons (Fsp3) is 0.263. The minimum absolute atomic E-state index is 0.274. The van der Waals surface area contributed by atoms with Gasteiger partial charge in [-0.25, -0.2) is 4.79 Å². The van der Waals surface area contributed by atoms with Gasteiger partial charge in [-0.3, -0.25) is 9.69 Å². The first-order valence-corrected chi connectivity index (χ1v) is 8.27. The number of nitrogens with one attached hydrogen (secondary N) is 1. The molecule has 2 aromatic rings. The molecule has 128 valence electrons. The maximum atomic E-state index is 12.7. The van der Waals surface area contributed by atoms with E-state index in [2.05, 4.69) is 5.32 Å². The fourth-order valence-electron chi connectivity index (χ4n) is 3.45. The lowest BCUT2D eigenvalue weighted by Crippen LogP contribution is -2.64. The minimum atomic E-state index is -0.755. The Hall–Kier alpha value is -3.02. The van der Waals surface area contributed by atoms with Crippen molar-refractivity contribution in [3.05, 3.63) is 60.2 Å². The van der Waals surface area contributed by atoms with E-state index in [9.17, 15) is 9.59 Å². The van der Waals surface area contributed by atoms with Crippen molar-refractivity contribution in [3.8, 4) is 5.75 Å². The molecule has 0 saturated carbocycles. The molecule has 0 aliphatic carbocycles. The Morgan fingerprint density at radius 1 is 1.16 bits per heavy atom. The predicted octanol–water partition coefficient (Wildman–Crippen LogP) is 2.86. The van der Waals surface area contributed by atoms with Gasteiger partial charge in [-0.05, 0) is 25.1 Å². The number of nitrogens with zero attached hydrogens (tertiary/aromatic N) is 1. The van der Waals surface area contributed by atoms with Gasteiger partial charge in [-0.2, -0.15) is 0 Å². The highest BCUT2D eigenvalue weighted by molar-refractivity contribution is 5.96. The summed E-state index contributed by atoms with van der Waals surface area (Å²) in [5.74, 6) is -0.361. The lowest BCUT2D eigenvalue weighted by molar-refractivity contribution is -0.154. The Morgan fingerprint density at radius 2 is 1.88 bits per heavy atom. The molecule has 2 amide bonds. The van der Waals surface area contributed by atoms with E-state index in [1.165, 1.54) is 4.90 Å². The molecule has 3 atom stereocenters. The summed E-state index contributed by atoms with van der Waals surface area (Å²) in [7, 11) is 0. The van der Waals surface area contributed by atoms with Crippen LogP contribution in [0.1, 0.15) is 18.5 Å². The monoisotopic (exact) mass is 338 g/mol. The molecular weight excluding hydrogens is 320 g/mol. The zero-order valence-electron chi connectivity index (χ0n) is 13.7. The fourth-order valence-corrected chi connectivity index (χ4v) is 3.45. The van der Waals surface area contributed by atoms with E-state index in [0.29, 0.717) is 11.4 Å². The minimum Gasteiger partial charge on any atom is -0.469 e. The number of para-hydroxylation sites is 2. The van der Waals surface area contributed by atoms with Crippen LogP contribution in [0.25, 0.3) is 0 Å². The highest BCUT2D eigenvalue weighted by atomic mass is 16.5. The van der Waals surface area contributed by atoms with Gasteiger partial charge in [0.25, 0.3) is 0 Å². The van der Waals surface area contributed by atoms with Crippen LogP contribution in [0.4, 0.5) is 10.5 Å². The lowest BCUT2D eigenvalue weighted by atomic mass is 9.86. The van der Waals surface area contributed by atoms with Crippen molar-refractivity contribution in [1.82, 2.24) is 5.32 Å². The second-order valence-electron chi connectivity index (χ2n) is 5.96. The molecule has 0 aromatic heterocycles. The number of carbonyl (C=O) groups excluding carboxylic acids is 2. The molecule has 1 saturated heterocycles. The van der Waals surface area contributed by atoms with E-state index in [1.807, 2.05) is 54.6 Å². The van der Waals surface area contributed by atoms with Gasteiger partial charge in [-0.1, -0.05) is 36.4 Å². The largest absolute Gasteiger partial charge is 0.469 e. The molecule has 6 heteroatoms. The Bertz CT molecular complexity index is 808. The highest BCUT2D eigenvalue weighted by Gasteiger charge is 2.52. The number of carbonyl (C=O) groups is 2. The second-order valence-corrected chi connectivity index (χ2v) is 5.96. The summed E-state index contributed by atoms with van der Waals surface area (Å²) in [5.41, 5.74) is 1.45. The number of benzene rings is 2. The van der Waals surface area contributed by atoms with Crippen LogP contribution in [0.15, 0.2) is 54.6 Å². The third-order valence-corrected chi connectivity index (χ3v) is 4.51. The molecular formula is C19H18N2O4. The molecule has 6 nitrogen and oxygen atoms in total. The van der Waals surface area contributed by atoms with Crippen LogP contribution in [-0.2, 0) is 9.53 Å². The highest BCUT2D eigenvalue weighted by Crippen LogP contribution is 2.43. The van der Waals surface area contributed by atoms with E-state index in [-0.39, 0.29) is 18.6 Å². The maximum absolute atomic E-state index is 12.7. The van der Waals surface area contributed by atoms with Crippen molar-refractivity contribution in [2.24, 2.45) is 5.92 Å². The number of ether oxygens (including phenoxy) is 2. The normalized spacial score (nSPS) is 24.0. The number of hydrogen-bond donors (Lipinski definition) is 1. The summed E-state index contributed by atoms with van der Waals surface area (Å²) in [5, 5.41) is 2.95. The van der Waals surface area contributed by atoms with Crippen molar-refractivity contribution >= 4 is 17.7 Å². The molecule has 2 bridgehead atoms. The number of urea groups is 1. The zero-order chi connectivity index (χ0) is 17.4. The Labute approximate surface area is 145 Å². The van der Waals surface area contributed by atoms with Crippen LogP contribution in [-0.4, -0.2) is 24.8 Å². The van der Waals surface area contributed by atoms with Crippen molar-refractivity contribution in [3.63, 3.8) is 0 Å². The first kappa shape index (κ1) is 15.5. The van der Waals surface area contributed by atoms with Crippen LogP contribution in [0, 0.1) is 5.92 Å². The Balaban J connectivity index is 1.81. The van der Waals surface area contributed by atoms with Crippen LogP contribution < -0.4 is 15.0 Å². The van der Waals surface area contributed by atoms with Crippen molar-refractivity contribution in [2.45, 2.75) is 19.2 Å². The average Bonchev–Trinajstić information content (AvgIpc) is 2.62. The quantitative estimate of drug-likeness (QED) is 0.874. The molecule has 0 spiro atoms. The molecule has 0 unspecified atom stereocenters. The number of anilines is 1. The standard InChI is InChI=1S/C19H18N2O4/c1-2-24-18(22)15-16-13-10-6-7-11-14(13)25-17(15)21(19(23)20-16)12-8-4-3-5-9-12/h3-11,15-17H,2H2,1H3,(H,20,23)/t15-,16+,17+/m1/s1. The van der Waals surface area contributed by atoms with Gasteiger partial charge in [0.2, 0.25) is 0 Å². The van der Waals surface area contributed by atoms with Crippen LogP contribution in [0.2, 0.25) is 0 Å². The average molecular weight is 338 g/mol. The van der Waals surface area contributed by atoms with E-state index >= 15 is 0 Å².